The average Bonchev–Trinajstić information content (AvgIpc) is 3.97. The number of ether oxygens (including phenoxy) is 1. The highest BCUT2D eigenvalue weighted by molar-refractivity contribution is 7.91. The van der Waals surface area contributed by atoms with Crippen molar-refractivity contribution in [2.75, 3.05) is 11.4 Å². The molecule has 0 bridgehead atoms. The van der Waals surface area contributed by atoms with Gasteiger partial charge >= 0.3 is 24.5 Å². The van der Waals surface area contributed by atoms with Gasteiger partial charge in [-0.05, 0) is 89.7 Å². The number of carboxylic acid groups (broad SMARTS) is 1. The van der Waals surface area contributed by atoms with Crippen molar-refractivity contribution in [3.63, 3.8) is 0 Å². The predicted octanol–water partition coefficient (Wildman–Crippen LogP) is 5.48. The standard InChI is InChI=1S/C37H47F6N5O9S/c1-20-10-6-7-11-22-18-35(22,30(51)46-58(55,56)34(5)14-15-34)45-28(49)26-17-23(48(32(53)54)25-13-9-8-12-24(25)36(38,39)40)19-47(26)29(50)27(21(2)16-20)44-31(52)57-33(3,4)37(41,42)43/h7-9,11-13,20-23,26-27H,6,10,14-19H2,1-5H3,(H,44,52)(H,45,49)(H,46,51)(H,53,54)/t20-,21-,22-,23-,26+,27+,35-/m1/s1. The Kier molecular flexibility index (Phi) is 11.9. The summed E-state index contributed by atoms with van der Waals surface area (Å²) in [6.07, 6.45) is -9.27. The van der Waals surface area contributed by atoms with E-state index in [-0.39, 0.29) is 31.6 Å². The Morgan fingerprint density at radius 1 is 1.03 bits per heavy atom. The second-order valence-electron chi connectivity index (χ2n) is 16.6. The predicted molar refractivity (Wildman–Crippen MR) is 194 cm³/mol. The summed E-state index contributed by atoms with van der Waals surface area (Å²) in [6.45, 7) is 5.20. The highest BCUT2D eigenvalue weighted by Crippen LogP contribution is 2.48. The van der Waals surface area contributed by atoms with Gasteiger partial charge in [0.15, 0.2) is 0 Å². The molecule has 322 valence electrons. The van der Waals surface area contributed by atoms with E-state index in [0.717, 1.165) is 23.1 Å². The fourth-order valence-corrected chi connectivity index (χ4v) is 8.85. The van der Waals surface area contributed by atoms with Crippen LogP contribution in [0.2, 0.25) is 0 Å². The first-order valence-electron chi connectivity index (χ1n) is 18.7. The fourth-order valence-electron chi connectivity index (χ4n) is 7.54. The summed E-state index contributed by atoms with van der Waals surface area (Å²) in [5, 5.41) is 15.1. The van der Waals surface area contributed by atoms with Gasteiger partial charge in [0, 0.05) is 12.5 Å². The van der Waals surface area contributed by atoms with Crippen molar-refractivity contribution >= 4 is 45.6 Å². The van der Waals surface area contributed by atoms with Gasteiger partial charge in [-0.3, -0.25) is 24.0 Å². The number of rotatable bonds is 7. The molecule has 2 saturated carbocycles. The van der Waals surface area contributed by atoms with E-state index in [0.29, 0.717) is 37.7 Å². The number of alkyl carbamates (subject to hydrolysis) is 1. The molecule has 1 aromatic rings. The van der Waals surface area contributed by atoms with Crippen molar-refractivity contribution in [3.05, 3.63) is 42.0 Å². The third kappa shape index (κ3) is 9.02. The molecule has 4 N–H and O–H groups in total. The van der Waals surface area contributed by atoms with Gasteiger partial charge in [-0.15, -0.1) is 0 Å². The van der Waals surface area contributed by atoms with Crippen LogP contribution in [0.1, 0.15) is 85.1 Å². The van der Waals surface area contributed by atoms with Crippen LogP contribution in [0.25, 0.3) is 0 Å². The third-order valence-corrected chi connectivity index (χ3v) is 13.8. The van der Waals surface area contributed by atoms with E-state index >= 15 is 0 Å². The van der Waals surface area contributed by atoms with Crippen LogP contribution in [-0.2, 0) is 35.3 Å². The van der Waals surface area contributed by atoms with Crippen molar-refractivity contribution < 1.29 is 68.6 Å². The van der Waals surface area contributed by atoms with E-state index in [4.69, 9.17) is 0 Å². The largest absolute Gasteiger partial charge is 0.465 e. The molecule has 7 atom stereocenters. The molecule has 4 aliphatic rings. The Morgan fingerprint density at radius 2 is 1.67 bits per heavy atom. The summed E-state index contributed by atoms with van der Waals surface area (Å²) >= 11 is 0. The number of amides is 5. The molecule has 0 unspecified atom stereocenters. The van der Waals surface area contributed by atoms with Gasteiger partial charge in [0.1, 0.15) is 17.6 Å². The highest BCUT2D eigenvalue weighted by Gasteiger charge is 2.63. The summed E-state index contributed by atoms with van der Waals surface area (Å²) in [5.74, 6) is -5.03. The summed E-state index contributed by atoms with van der Waals surface area (Å²) in [6, 6.07) is -1.27. The average molecular weight is 852 g/mol. The van der Waals surface area contributed by atoms with Crippen molar-refractivity contribution in [1.82, 2.24) is 20.3 Å². The summed E-state index contributed by atoms with van der Waals surface area (Å²) in [4.78, 5) is 70.0. The number of alkyl halides is 6. The lowest BCUT2D eigenvalue weighted by Gasteiger charge is -2.34. The van der Waals surface area contributed by atoms with E-state index in [1.54, 1.807) is 12.2 Å². The number of para-hydroxylation sites is 1. The molecule has 58 heavy (non-hydrogen) atoms. The van der Waals surface area contributed by atoms with Crippen molar-refractivity contribution in [2.24, 2.45) is 17.8 Å². The molecule has 5 rings (SSSR count). The smallest absolute Gasteiger partial charge is 0.427 e. The number of hydrogen-bond acceptors (Lipinski definition) is 8. The lowest BCUT2D eigenvalue weighted by molar-refractivity contribution is -0.244. The molecule has 14 nitrogen and oxygen atoms in total. The Morgan fingerprint density at radius 3 is 2.26 bits per heavy atom. The summed E-state index contributed by atoms with van der Waals surface area (Å²) in [5.41, 5.74) is -7.04. The minimum absolute atomic E-state index is 0.0742. The number of fused-ring (bicyclic) bond motifs is 2. The van der Waals surface area contributed by atoms with E-state index in [1.807, 2.05) is 6.92 Å². The van der Waals surface area contributed by atoms with Gasteiger partial charge in [0.2, 0.25) is 27.4 Å². The van der Waals surface area contributed by atoms with Crippen LogP contribution in [0.5, 0.6) is 0 Å². The summed E-state index contributed by atoms with van der Waals surface area (Å²) < 4.78 is 115. The van der Waals surface area contributed by atoms with Crippen LogP contribution in [0.15, 0.2) is 36.4 Å². The zero-order valence-corrected chi connectivity index (χ0v) is 33.2. The minimum atomic E-state index is -5.04. The number of benzene rings is 1. The molecule has 2 aliphatic carbocycles. The lowest BCUT2D eigenvalue weighted by Crippen LogP contribution is -2.59. The third-order valence-electron chi connectivity index (χ3n) is 11.6. The maximum absolute atomic E-state index is 14.7. The van der Waals surface area contributed by atoms with Crippen LogP contribution in [0.4, 0.5) is 41.6 Å². The minimum Gasteiger partial charge on any atom is -0.465 e. The zero-order chi connectivity index (χ0) is 43.4. The SMILES string of the molecule is C[C@@H]1CCC=C[C@@H]2C[C@@]2(C(=O)NS(=O)(=O)C2(C)CC2)NC(=O)[C@@H]2C[C@@H](N(C(=O)O)c3ccccc3C(F)(F)F)CN2C(=O)[C@@H](NC(=O)OC(C)(C)C(F)(F)F)[C@H](C)C1. The molecule has 1 saturated heterocycles. The van der Waals surface area contributed by atoms with Crippen LogP contribution in [-0.4, -0.2) is 95.1 Å². The topological polar surface area (TPSA) is 192 Å². The Balaban J connectivity index is 1.58. The first-order chi connectivity index (χ1) is 26.6. The summed E-state index contributed by atoms with van der Waals surface area (Å²) in [7, 11) is -4.21. The second-order valence-corrected chi connectivity index (χ2v) is 18.8. The fraction of sp³-hybridized carbons (Fsp3) is 0.649. The van der Waals surface area contributed by atoms with Gasteiger partial charge in [-0.2, -0.15) is 26.3 Å². The number of allylic oxidation sites excluding steroid dienone is 1. The maximum atomic E-state index is 14.7. The van der Waals surface area contributed by atoms with Crippen molar-refractivity contribution in [1.29, 1.82) is 0 Å². The van der Waals surface area contributed by atoms with Gasteiger partial charge in [-0.25, -0.2) is 18.0 Å². The molecule has 0 spiro atoms. The van der Waals surface area contributed by atoms with Crippen LogP contribution < -0.4 is 20.3 Å². The van der Waals surface area contributed by atoms with Crippen LogP contribution in [0, 0.1) is 17.8 Å². The van der Waals surface area contributed by atoms with E-state index < -0.39 is 122 Å². The molecule has 2 aliphatic heterocycles. The number of carbonyl (C=O) groups excluding carboxylic acids is 4. The number of sulfonamides is 1. The number of hydrogen-bond donors (Lipinski definition) is 4. The number of anilines is 1. The first kappa shape index (κ1) is 44.5. The molecule has 3 fully saturated rings. The Hall–Kier alpha value is -4.56. The van der Waals surface area contributed by atoms with Crippen LogP contribution >= 0.6 is 0 Å². The molecule has 2 heterocycles. The van der Waals surface area contributed by atoms with Gasteiger partial charge in [0.05, 0.1) is 22.0 Å². The molecule has 5 amide bonds. The number of nitrogens with zero attached hydrogens (tertiary/aromatic N) is 2. The number of nitrogens with one attached hydrogen (secondary N) is 3. The van der Waals surface area contributed by atoms with E-state index in [1.165, 1.54) is 13.8 Å². The van der Waals surface area contributed by atoms with E-state index in [2.05, 4.69) is 20.1 Å². The normalized spacial score (nSPS) is 29.1. The molecule has 0 radical (unpaired) electrons. The number of halogens is 6. The van der Waals surface area contributed by atoms with Gasteiger partial charge < -0.3 is 25.4 Å². The van der Waals surface area contributed by atoms with Gasteiger partial charge in [-0.1, -0.05) is 38.1 Å². The van der Waals surface area contributed by atoms with E-state index in [9.17, 15) is 63.8 Å². The maximum Gasteiger partial charge on any atom is 0.427 e. The monoisotopic (exact) mass is 851 g/mol. The van der Waals surface area contributed by atoms with Crippen LogP contribution in [0.3, 0.4) is 0 Å². The second kappa shape index (κ2) is 15.6. The van der Waals surface area contributed by atoms with Gasteiger partial charge in [0.25, 0.3) is 5.91 Å². The molecular formula is C37H47F6N5O9S. The zero-order valence-electron chi connectivity index (χ0n) is 32.4. The molecule has 0 aromatic heterocycles. The molecule has 21 heteroatoms. The quantitative estimate of drug-likeness (QED) is 0.203. The highest BCUT2D eigenvalue weighted by atomic mass is 32.2. The van der Waals surface area contributed by atoms with Crippen molar-refractivity contribution in [2.45, 2.75) is 126 Å². The Labute approximate surface area is 331 Å². The van der Waals surface area contributed by atoms with Crippen molar-refractivity contribution in [3.8, 4) is 0 Å². The Bertz CT molecular complexity index is 1950. The molecule has 1 aromatic carbocycles. The first-order valence-corrected chi connectivity index (χ1v) is 20.2. The molecular weight excluding hydrogens is 804 g/mol. The lowest BCUT2D eigenvalue weighted by atomic mass is 9.88. The number of carbonyl (C=O) groups is 5.